The molecular formula is C27H35N3O3. The number of rotatable bonds is 11. The predicted molar refractivity (Wildman–Crippen MR) is 133 cm³/mol. The van der Waals surface area contributed by atoms with Gasteiger partial charge in [0.05, 0.1) is 23.6 Å². The molecule has 6 nitrogen and oxygen atoms in total. The molecule has 2 aromatic carbocycles. The minimum atomic E-state index is -0.348. The first-order valence-electron chi connectivity index (χ1n) is 11.9. The lowest BCUT2D eigenvalue weighted by atomic mass is 10.0. The Bertz CT molecular complexity index is 1120. The van der Waals surface area contributed by atoms with E-state index in [4.69, 9.17) is 9.72 Å². The Kier molecular flexibility index (Phi) is 8.78. The van der Waals surface area contributed by atoms with Crippen molar-refractivity contribution in [1.82, 2.24) is 14.5 Å². The Balaban J connectivity index is 1.95. The second-order valence-corrected chi connectivity index (χ2v) is 8.42. The second kappa shape index (κ2) is 11.8. The number of carbonyl (C=O) groups excluding carboxylic acids is 1. The van der Waals surface area contributed by atoms with Crippen LogP contribution in [0.3, 0.4) is 0 Å². The van der Waals surface area contributed by atoms with E-state index in [1.54, 1.807) is 29.7 Å². The molecule has 0 aliphatic heterocycles. The van der Waals surface area contributed by atoms with Crippen molar-refractivity contribution in [2.75, 3.05) is 20.3 Å². The van der Waals surface area contributed by atoms with Gasteiger partial charge in [-0.3, -0.25) is 14.2 Å². The standard InChI is InChI=1S/C27H35N3O3/c1-5-7-8-11-20-14-16-21(17-15-20)26(31)30(18-19-33-4)24(6-2)25-28-23-13-10-9-12-22(23)27(32)29(25)3/h9-10,12-17,24H,5-8,11,18-19H2,1-4H3. The quantitative estimate of drug-likeness (QED) is 0.390. The maximum atomic E-state index is 13.6. The molecular weight excluding hydrogens is 414 g/mol. The Morgan fingerprint density at radius 2 is 1.82 bits per heavy atom. The molecule has 0 N–H and O–H groups in total. The summed E-state index contributed by atoms with van der Waals surface area (Å²) in [6.07, 6.45) is 5.21. The number of methoxy groups -OCH3 is 1. The van der Waals surface area contributed by atoms with E-state index < -0.39 is 0 Å². The van der Waals surface area contributed by atoms with Gasteiger partial charge in [-0.05, 0) is 49.1 Å². The van der Waals surface area contributed by atoms with Crippen LogP contribution >= 0.6 is 0 Å². The summed E-state index contributed by atoms with van der Waals surface area (Å²) in [6, 6.07) is 14.9. The lowest BCUT2D eigenvalue weighted by Crippen LogP contribution is -2.40. The van der Waals surface area contributed by atoms with Crippen molar-refractivity contribution in [3.8, 4) is 0 Å². The van der Waals surface area contributed by atoms with Crippen molar-refractivity contribution in [2.24, 2.45) is 7.05 Å². The number of aromatic nitrogens is 2. The summed E-state index contributed by atoms with van der Waals surface area (Å²) < 4.78 is 6.87. The number of para-hydroxylation sites is 1. The largest absolute Gasteiger partial charge is 0.383 e. The van der Waals surface area contributed by atoms with E-state index in [0.29, 0.717) is 41.9 Å². The van der Waals surface area contributed by atoms with Gasteiger partial charge in [0.1, 0.15) is 5.82 Å². The molecule has 0 radical (unpaired) electrons. The Morgan fingerprint density at radius 1 is 1.09 bits per heavy atom. The van der Waals surface area contributed by atoms with E-state index in [9.17, 15) is 9.59 Å². The third-order valence-corrected chi connectivity index (χ3v) is 6.15. The van der Waals surface area contributed by atoms with Crippen LogP contribution in [0, 0.1) is 0 Å². The second-order valence-electron chi connectivity index (χ2n) is 8.42. The van der Waals surface area contributed by atoms with Gasteiger partial charge in [-0.25, -0.2) is 4.98 Å². The van der Waals surface area contributed by atoms with E-state index in [1.165, 1.54) is 18.4 Å². The van der Waals surface area contributed by atoms with Crippen LogP contribution in [0.15, 0.2) is 53.3 Å². The highest BCUT2D eigenvalue weighted by Gasteiger charge is 2.28. The number of unbranched alkanes of at least 4 members (excludes halogenated alkanes) is 2. The highest BCUT2D eigenvalue weighted by atomic mass is 16.5. The summed E-state index contributed by atoms with van der Waals surface area (Å²) in [6.45, 7) is 5.02. The summed E-state index contributed by atoms with van der Waals surface area (Å²) in [5.41, 5.74) is 2.41. The molecule has 0 saturated carbocycles. The fraction of sp³-hybridized carbons (Fsp3) is 0.444. The van der Waals surface area contributed by atoms with E-state index in [2.05, 4.69) is 6.92 Å². The van der Waals surface area contributed by atoms with Gasteiger partial charge >= 0.3 is 0 Å². The van der Waals surface area contributed by atoms with Gasteiger partial charge in [0.15, 0.2) is 0 Å². The fourth-order valence-corrected chi connectivity index (χ4v) is 4.22. The third kappa shape index (κ3) is 5.69. The van der Waals surface area contributed by atoms with E-state index in [1.807, 2.05) is 49.4 Å². The van der Waals surface area contributed by atoms with Crippen LogP contribution < -0.4 is 5.56 Å². The smallest absolute Gasteiger partial charge is 0.261 e. The van der Waals surface area contributed by atoms with Gasteiger partial charge in [-0.15, -0.1) is 0 Å². The molecule has 0 fully saturated rings. The van der Waals surface area contributed by atoms with Gasteiger partial charge < -0.3 is 9.64 Å². The molecule has 1 unspecified atom stereocenters. The molecule has 1 heterocycles. The first-order valence-corrected chi connectivity index (χ1v) is 11.9. The van der Waals surface area contributed by atoms with Gasteiger partial charge in [-0.1, -0.05) is 51.0 Å². The SMILES string of the molecule is CCCCCc1ccc(C(=O)N(CCOC)C(CC)c2nc3ccccc3c(=O)n2C)cc1. The zero-order valence-corrected chi connectivity index (χ0v) is 20.2. The van der Waals surface area contributed by atoms with Crippen LogP contribution in [0.1, 0.15) is 67.3 Å². The maximum absolute atomic E-state index is 13.6. The zero-order valence-electron chi connectivity index (χ0n) is 20.2. The molecule has 33 heavy (non-hydrogen) atoms. The molecule has 0 aliphatic carbocycles. The number of hydrogen-bond acceptors (Lipinski definition) is 4. The number of hydrogen-bond donors (Lipinski definition) is 0. The molecule has 1 atom stereocenters. The Morgan fingerprint density at radius 3 is 2.48 bits per heavy atom. The number of aryl methyl sites for hydroxylation is 1. The molecule has 1 aromatic heterocycles. The van der Waals surface area contributed by atoms with Gasteiger partial charge in [0.2, 0.25) is 0 Å². The number of ether oxygens (including phenoxy) is 1. The van der Waals surface area contributed by atoms with Crippen molar-refractivity contribution in [1.29, 1.82) is 0 Å². The van der Waals surface area contributed by atoms with E-state index in [0.717, 1.165) is 12.8 Å². The molecule has 3 aromatic rings. The molecule has 176 valence electrons. The average molecular weight is 450 g/mol. The highest BCUT2D eigenvalue weighted by Crippen LogP contribution is 2.25. The first-order chi connectivity index (χ1) is 16.0. The van der Waals surface area contributed by atoms with Crippen molar-refractivity contribution in [3.63, 3.8) is 0 Å². The number of amides is 1. The van der Waals surface area contributed by atoms with Crippen LogP contribution in [0.5, 0.6) is 0 Å². The summed E-state index contributed by atoms with van der Waals surface area (Å²) >= 11 is 0. The van der Waals surface area contributed by atoms with Crippen LogP contribution in [0.25, 0.3) is 10.9 Å². The third-order valence-electron chi connectivity index (χ3n) is 6.15. The number of carbonyl (C=O) groups is 1. The van der Waals surface area contributed by atoms with Crippen molar-refractivity contribution < 1.29 is 9.53 Å². The molecule has 0 spiro atoms. The van der Waals surface area contributed by atoms with Crippen molar-refractivity contribution in [3.05, 3.63) is 75.8 Å². The van der Waals surface area contributed by atoms with Crippen LogP contribution in [-0.2, 0) is 18.2 Å². The minimum Gasteiger partial charge on any atom is -0.383 e. The van der Waals surface area contributed by atoms with Crippen molar-refractivity contribution in [2.45, 2.75) is 52.0 Å². The van der Waals surface area contributed by atoms with Crippen LogP contribution in [0.2, 0.25) is 0 Å². The van der Waals surface area contributed by atoms with E-state index >= 15 is 0 Å². The summed E-state index contributed by atoms with van der Waals surface area (Å²) in [7, 11) is 3.35. The van der Waals surface area contributed by atoms with Gasteiger partial charge in [0.25, 0.3) is 11.5 Å². The predicted octanol–water partition coefficient (Wildman–Crippen LogP) is 4.91. The van der Waals surface area contributed by atoms with Crippen molar-refractivity contribution >= 4 is 16.8 Å². The van der Waals surface area contributed by atoms with Gasteiger partial charge in [-0.2, -0.15) is 0 Å². The van der Waals surface area contributed by atoms with Crippen LogP contribution in [-0.4, -0.2) is 40.6 Å². The molecule has 6 heteroatoms. The summed E-state index contributed by atoms with van der Waals surface area (Å²) in [5, 5.41) is 0.576. The molecule has 0 bridgehead atoms. The highest BCUT2D eigenvalue weighted by molar-refractivity contribution is 5.94. The average Bonchev–Trinajstić information content (AvgIpc) is 2.84. The normalized spacial score (nSPS) is 12.1. The number of benzene rings is 2. The minimum absolute atomic E-state index is 0.0820. The van der Waals surface area contributed by atoms with E-state index in [-0.39, 0.29) is 17.5 Å². The molecule has 3 rings (SSSR count). The Hall–Kier alpha value is -2.99. The molecule has 0 saturated heterocycles. The zero-order chi connectivity index (χ0) is 23.8. The number of nitrogens with zero attached hydrogens (tertiary/aromatic N) is 3. The monoisotopic (exact) mass is 449 g/mol. The van der Waals surface area contributed by atoms with Crippen LogP contribution in [0.4, 0.5) is 0 Å². The number of fused-ring (bicyclic) bond motifs is 1. The molecule has 1 amide bonds. The fourth-order valence-electron chi connectivity index (χ4n) is 4.22. The maximum Gasteiger partial charge on any atom is 0.261 e. The lowest BCUT2D eigenvalue weighted by molar-refractivity contribution is 0.0578. The lowest BCUT2D eigenvalue weighted by Gasteiger charge is -2.32. The van der Waals surface area contributed by atoms with Gasteiger partial charge in [0, 0.05) is 26.3 Å². The Labute approximate surface area is 196 Å². The molecule has 0 aliphatic rings. The topological polar surface area (TPSA) is 64.4 Å². The summed E-state index contributed by atoms with van der Waals surface area (Å²) in [4.78, 5) is 33.2. The summed E-state index contributed by atoms with van der Waals surface area (Å²) in [5.74, 6) is 0.503. The first kappa shape index (κ1) is 24.6.